The molecular weight excluding hydrogens is 194 g/mol. The highest BCUT2D eigenvalue weighted by Crippen LogP contribution is 2.24. The van der Waals surface area contributed by atoms with Crippen LogP contribution in [0.1, 0.15) is 25.5 Å². The minimum Gasteiger partial charge on any atom is -0.479 e. The maximum Gasteiger partial charge on any atom is 0.344 e. The Kier molecular flexibility index (Phi) is 3.68. The Morgan fingerprint density at radius 1 is 1.40 bits per heavy atom. The number of rotatable bonds is 4. The van der Waals surface area contributed by atoms with Gasteiger partial charge in [0.25, 0.3) is 0 Å². The lowest BCUT2D eigenvalue weighted by molar-refractivity contribution is -0.144. The summed E-state index contributed by atoms with van der Waals surface area (Å²) in [6.07, 6.45) is -0.870. The Morgan fingerprint density at radius 3 is 2.53 bits per heavy atom. The predicted octanol–water partition coefficient (Wildman–Crippen LogP) is 1.56. The Morgan fingerprint density at radius 2 is 2.00 bits per heavy atom. The van der Waals surface area contributed by atoms with Crippen molar-refractivity contribution in [2.45, 2.75) is 26.0 Å². The summed E-state index contributed by atoms with van der Waals surface area (Å²) in [4.78, 5) is 10.6. The maximum atomic E-state index is 10.6. The molecule has 0 heterocycles. The zero-order valence-electron chi connectivity index (χ0n) is 8.81. The van der Waals surface area contributed by atoms with Crippen molar-refractivity contribution in [3.8, 4) is 5.75 Å². The molecule has 0 radical (unpaired) electrons. The Hall–Kier alpha value is -1.55. The van der Waals surface area contributed by atoms with E-state index in [-0.39, 0.29) is 6.04 Å². The Labute approximate surface area is 88.7 Å². The molecule has 1 rings (SSSR count). The molecule has 0 saturated carbocycles. The van der Waals surface area contributed by atoms with Gasteiger partial charge in [-0.05, 0) is 19.9 Å². The van der Waals surface area contributed by atoms with Gasteiger partial charge in [-0.15, -0.1) is 0 Å². The monoisotopic (exact) mass is 209 g/mol. The molecule has 0 bridgehead atoms. The molecule has 0 fully saturated rings. The van der Waals surface area contributed by atoms with E-state index >= 15 is 0 Å². The van der Waals surface area contributed by atoms with Gasteiger partial charge in [-0.1, -0.05) is 18.2 Å². The van der Waals surface area contributed by atoms with E-state index in [2.05, 4.69) is 0 Å². The van der Waals surface area contributed by atoms with Gasteiger partial charge in [0.2, 0.25) is 0 Å². The van der Waals surface area contributed by atoms with E-state index in [0.717, 1.165) is 5.56 Å². The average molecular weight is 209 g/mol. The van der Waals surface area contributed by atoms with Crippen molar-refractivity contribution in [3.05, 3.63) is 29.8 Å². The summed E-state index contributed by atoms with van der Waals surface area (Å²) in [5.41, 5.74) is 6.55. The maximum absolute atomic E-state index is 10.6. The second-order valence-corrected chi connectivity index (χ2v) is 3.42. The topological polar surface area (TPSA) is 72.5 Å². The van der Waals surface area contributed by atoms with E-state index in [4.69, 9.17) is 15.6 Å². The molecule has 0 aliphatic carbocycles. The largest absolute Gasteiger partial charge is 0.479 e. The van der Waals surface area contributed by atoms with Crippen molar-refractivity contribution < 1.29 is 14.6 Å². The van der Waals surface area contributed by atoms with E-state index in [1.54, 1.807) is 12.1 Å². The van der Waals surface area contributed by atoms with Gasteiger partial charge in [-0.25, -0.2) is 4.79 Å². The molecule has 0 aliphatic rings. The van der Waals surface area contributed by atoms with Gasteiger partial charge in [0.15, 0.2) is 6.10 Å². The van der Waals surface area contributed by atoms with Gasteiger partial charge in [0.05, 0.1) is 0 Å². The lowest BCUT2D eigenvalue weighted by Crippen LogP contribution is -2.24. The molecule has 1 aromatic rings. The van der Waals surface area contributed by atoms with Crippen LogP contribution >= 0.6 is 0 Å². The molecule has 4 heteroatoms. The number of benzene rings is 1. The van der Waals surface area contributed by atoms with Crippen LogP contribution in [-0.4, -0.2) is 17.2 Å². The fourth-order valence-electron chi connectivity index (χ4n) is 1.20. The summed E-state index contributed by atoms with van der Waals surface area (Å²) in [6, 6.07) is 7.00. The van der Waals surface area contributed by atoms with Crippen LogP contribution in [0.15, 0.2) is 24.3 Å². The Bertz CT molecular complexity index is 349. The molecule has 2 atom stereocenters. The standard InChI is InChI=1S/C11H15NO3/c1-7(12)9-5-3-4-6-10(9)15-8(2)11(13)14/h3-8H,12H2,1-2H3,(H,13,14)/t7-,8?/m0/s1. The zero-order chi connectivity index (χ0) is 11.4. The molecule has 82 valence electrons. The van der Waals surface area contributed by atoms with E-state index < -0.39 is 12.1 Å². The molecule has 0 spiro atoms. The molecule has 0 aromatic heterocycles. The molecule has 0 amide bonds. The summed E-state index contributed by atoms with van der Waals surface area (Å²) < 4.78 is 5.29. The molecule has 0 saturated heterocycles. The molecule has 4 nitrogen and oxygen atoms in total. The van der Waals surface area contributed by atoms with Crippen LogP contribution in [0.2, 0.25) is 0 Å². The number of carboxylic acid groups (broad SMARTS) is 1. The van der Waals surface area contributed by atoms with Gasteiger partial charge < -0.3 is 15.6 Å². The van der Waals surface area contributed by atoms with E-state index in [1.807, 2.05) is 19.1 Å². The third-order valence-electron chi connectivity index (χ3n) is 2.06. The molecular formula is C11H15NO3. The number of nitrogens with two attached hydrogens (primary N) is 1. The smallest absolute Gasteiger partial charge is 0.344 e. The SMILES string of the molecule is CC(Oc1ccccc1[C@H](C)N)C(=O)O. The zero-order valence-corrected chi connectivity index (χ0v) is 8.81. The highest BCUT2D eigenvalue weighted by molar-refractivity contribution is 5.72. The van der Waals surface area contributed by atoms with Crippen LogP contribution in [0, 0.1) is 0 Å². The summed E-state index contributed by atoms with van der Waals surface area (Å²) in [5.74, 6) is -0.461. The van der Waals surface area contributed by atoms with Crippen LogP contribution < -0.4 is 10.5 Å². The molecule has 1 unspecified atom stereocenters. The summed E-state index contributed by atoms with van der Waals surface area (Å²) in [6.45, 7) is 3.31. The lowest BCUT2D eigenvalue weighted by atomic mass is 10.1. The van der Waals surface area contributed by atoms with Crippen molar-refractivity contribution in [2.24, 2.45) is 5.73 Å². The lowest BCUT2D eigenvalue weighted by Gasteiger charge is -2.16. The fraction of sp³-hybridized carbons (Fsp3) is 0.364. The second kappa shape index (κ2) is 4.79. The van der Waals surface area contributed by atoms with Crippen molar-refractivity contribution in [1.29, 1.82) is 0 Å². The first-order valence-corrected chi connectivity index (χ1v) is 4.76. The quantitative estimate of drug-likeness (QED) is 0.789. The van der Waals surface area contributed by atoms with Crippen LogP contribution in [0.25, 0.3) is 0 Å². The van der Waals surface area contributed by atoms with Crippen molar-refractivity contribution in [1.82, 2.24) is 0 Å². The fourth-order valence-corrected chi connectivity index (χ4v) is 1.20. The third-order valence-corrected chi connectivity index (χ3v) is 2.06. The number of hydrogen-bond donors (Lipinski definition) is 2. The first-order valence-electron chi connectivity index (χ1n) is 4.76. The molecule has 15 heavy (non-hydrogen) atoms. The van der Waals surface area contributed by atoms with Crippen LogP contribution in [0.4, 0.5) is 0 Å². The highest BCUT2D eigenvalue weighted by Gasteiger charge is 2.15. The number of carbonyl (C=O) groups is 1. The summed E-state index contributed by atoms with van der Waals surface area (Å²) in [7, 11) is 0. The second-order valence-electron chi connectivity index (χ2n) is 3.42. The number of aliphatic carboxylic acids is 1. The van der Waals surface area contributed by atoms with Crippen LogP contribution in [0.3, 0.4) is 0 Å². The van der Waals surface area contributed by atoms with E-state index in [0.29, 0.717) is 5.75 Å². The predicted molar refractivity (Wildman–Crippen MR) is 56.8 cm³/mol. The van der Waals surface area contributed by atoms with Gasteiger partial charge in [-0.3, -0.25) is 0 Å². The van der Waals surface area contributed by atoms with Gasteiger partial charge in [0, 0.05) is 11.6 Å². The molecule has 0 aliphatic heterocycles. The minimum absolute atomic E-state index is 0.179. The molecule has 1 aromatic carbocycles. The van der Waals surface area contributed by atoms with E-state index in [1.165, 1.54) is 6.92 Å². The molecule has 3 N–H and O–H groups in total. The number of ether oxygens (including phenoxy) is 1. The normalized spacial score (nSPS) is 14.3. The first-order chi connectivity index (χ1) is 7.02. The summed E-state index contributed by atoms with van der Waals surface area (Å²) in [5, 5.41) is 8.72. The van der Waals surface area contributed by atoms with E-state index in [9.17, 15) is 4.79 Å². The highest BCUT2D eigenvalue weighted by atomic mass is 16.5. The van der Waals surface area contributed by atoms with Crippen molar-refractivity contribution in [3.63, 3.8) is 0 Å². The average Bonchev–Trinajstić information content (AvgIpc) is 2.18. The minimum atomic E-state index is -0.991. The van der Waals surface area contributed by atoms with Gasteiger partial charge >= 0.3 is 5.97 Å². The van der Waals surface area contributed by atoms with Crippen molar-refractivity contribution >= 4 is 5.97 Å². The number of para-hydroxylation sites is 1. The van der Waals surface area contributed by atoms with Crippen molar-refractivity contribution in [2.75, 3.05) is 0 Å². The number of carboxylic acids is 1. The van der Waals surface area contributed by atoms with Crippen LogP contribution in [0.5, 0.6) is 5.75 Å². The van der Waals surface area contributed by atoms with Gasteiger partial charge in [0.1, 0.15) is 5.75 Å². The van der Waals surface area contributed by atoms with Gasteiger partial charge in [-0.2, -0.15) is 0 Å². The summed E-state index contributed by atoms with van der Waals surface area (Å²) >= 11 is 0. The Balaban J connectivity index is 2.89. The number of hydrogen-bond acceptors (Lipinski definition) is 3. The van der Waals surface area contributed by atoms with Crippen LogP contribution in [-0.2, 0) is 4.79 Å². The first kappa shape index (κ1) is 11.5. The third kappa shape index (κ3) is 2.95.